The van der Waals surface area contributed by atoms with Crippen LogP contribution in [0.3, 0.4) is 0 Å². The van der Waals surface area contributed by atoms with Gasteiger partial charge < -0.3 is 15.5 Å². The number of rotatable bonds is 5. The third-order valence-electron chi connectivity index (χ3n) is 4.91. The lowest BCUT2D eigenvalue weighted by Gasteiger charge is -2.34. The van der Waals surface area contributed by atoms with Crippen molar-refractivity contribution in [3.8, 4) is 6.07 Å². The van der Waals surface area contributed by atoms with Gasteiger partial charge in [-0.1, -0.05) is 0 Å². The fraction of sp³-hybridized carbons (Fsp3) is 0.875. The quantitative estimate of drug-likeness (QED) is 0.382. The van der Waals surface area contributed by atoms with Crippen molar-refractivity contribution in [3.05, 3.63) is 0 Å². The number of aliphatic imine (C=N–C) groups is 1. The summed E-state index contributed by atoms with van der Waals surface area (Å²) in [6.07, 6.45) is 4.40. The number of guanidine groups is 1. The molecule has 0 aromatic heterocycles. The van der Waals surface area contributed by atoms with Gasteiger partial charge in [-0.3, -0.25) is 4.99 Å². The summed E-state index contributed by atoms with van der Waals surface area (Å²) < 4.78 is 0. The van der Waals surface area contributed by atoms with Crippen LogP contribution in [0.5, 0.6) is 0 Å². The standard InChI is InChI=1S/C16H29N5S.HI/c1-4-18-15(20-14-7-5-6-13(14)10-17)19-11-16(21(2)3)8-9-22-12-16;/h13-14H,4-9,11-12H2,1-3H3,(H2,18,19,20);1H. The molecule has 1 saturated heterocycles. The highest BCUT2D eigenvalue weighted by Gasteiger charge is 2.36. The first-order valence-electron chi connectivity index (χ1n) is 8.31. The van der Waals surface area contributed by atoms with Crippen LogP contribution >= 0.6 is 35.7 Å². The van der Waals surface area contributed by atoms with E-state index in [1.807, 2.05) is 11.8 Å². The van der Waals surface area contributed by atoms with Crippen molar-refractivity contribution < 1.29 is 0 Å². The molecule has 0 bridgehead atoms. The molecule has 0 aromatic rings. The van der Waals surface area contributed by atoms with Gasteiger partial charge in [0.1, 0.15) is 0 Å². The topological polar surface area (TPSA) is 63.5 Å². The van der Waals surface area contributed by atoms with E-state index in [0.29, 0.717) is 0 Å². The minimum atomic E-state index is 0. The molecule has 2 rings (SSSR count). The van der Waals surface area contributed by atoms with Gasteiger partial charge in [0.05, 0.1) is 18.5 Å². The Morgan fingerprint density at radius 2 is 2.22 bits per heavy atom. The zero-order valence-corrected chi connectivity index (χ0v) is 17.6. The van der Waals surface area contributed by atoms with Crippen LogP contribution in [0.2, 0.25) is 0 Å². The van der Waals surface area contributed by atoms with E-state index in [1.54, 1.807) is 0 Å². The van der Waals surface area contributed by atoms with Crippen molar-refractivity contribution in [2.24, 2.45) is 10.9 Å². The van der Waals surface area contributed by atoms with Crippen LogP contribution in [0, 0.1) is 17.2 Å². The molecule has 2 fully saturated rings. The number of nitrogens with zero attached hydrogens (tertiary/aromatic N) is 3. The summed E-state index contributed by atoms with van der Waals surface area (Å²) in [4.78, 5) is 7.18. The van der Waals surface area contributed by atoms with Gasteiger partial charge in [0, 0.05) is 23.9 Å². The number of nitriles is 1. The SMILES string of the molecule is CCNC(=NCC1(N(C)C)CCSC1)NC1CCCC1C#N.I. The molecule has 5 nitrogen and oxygen atoms in total. The lowest BCUT2D eigenvalue weighted by atomic mass is 9.98. The van der Waals surface area contributed by atoms with Crippen molar-refractivity contribution in [2.75, 3.05) is 38.7 Å². The third-order valence-corrected chi connectivity index (χ3v) is 6.15. The largest absolute Gasteiger partial charge is 0.357 e. The predicted molar refractivity (Wildman–Crippen MR) is 110 cm³/mol. The molecule has 3 atom stereocenters. The van der Waals surface area contributed by atoms with E-state index >= 15 is 0 Å². The predicted octanol–water partition coefficient (Wildman–Crippen LogP) is 2.29. The zero-order chi connectivity index (χ0) is 16.0. The van der Waals surface area contributed by atoms with Gasteiger partial charge in [-0.2, -0.15) is 17.0 Å². The highest BCUT2D eigenvalue weighted by Crippen LogP contribution is 2.32. The Balaban J connectivity index is 0.00000264. The molecule has 1 saturated carbocycles. The van der Waals surface area contributed by atoms with E-state index in [1.165, 1.54) is 12.2 Å². The minimum Gasteiger partial charge on any atom is -0.357 e. The van der Waals surface area contributed by atoms with Gasteiger partial charge in [0.2, 0.25) is 0 Å². The first-order chi connectivity index (χ1) is 10.6. The van der Waals surface area contributed by atoms with Gasteiger partial charge in [-0.25, -0.2) is 0 Å². The molecule has 1 aliphatic heterocycles. The van der Waals surface area contributed by atoms with Gasteiger partial charge >= 0.3 is 0 Å². The molecule has 132 valence electrons. The van der Waals surface area contributed by atoms with E-state index in [2.05, 4.69) is 42.6 Å². The molecule has 23 heavy (non-hydrogen) atoms. The van der Waals surface area contributed by atoms with Crippen molar-refractivity contribution in [3.63, 3.8) is 0 Å². The molecule has 0 spiro atoms. The van der Waals surface area contributed by atoms with Gasteiger partial charge in [0.25, 0.3) is 0 Å². The highest BCUT2D eigenvalue weighted by molar-refractivity contribution is 14.0. The first-order valence-corrected chi connectivity index (χ1v) is 9.46. The maximum Gasteiger partial charge on any atom is 0.191 e. The van der Waals surface area contributed by atoms with Crippen LogP contribution in [0.1, 0.15) is 32.6 Å². The normalized spacial score (nSPS) is 30.8. The summed E-state index contributed by atoms with van der Waals surface area (Å²) in [6.45, 7) is 3.74. The van der Waals surface area contributed by atoms with Crippen molar-refractivity contribution in [1.82, 2.24) is 15.5 Å². The van der Waals surface area contributed by atoms with Crippen LogP contribution < -0.4 is 10.6 Å². The van der Waals surface area contributed by atoms with Crippen LogP contribution in [0.25, 0.3) is 0 Å². The number of hydrogen-bond donors (Lipinski definition) is 2. The summed E-state index contributed by atoms with van der Waals surface area (Å²) in [7, 11) is 4.31. The van der Waals surface area contributed by atoms with Gasteiger partial charge in [-0.15, -0.1) is 24.0 Å². The smallest absolute Gasteiger partial charge is 0.191 e. The van der Waals surface area contributed by atoms with Crippen LogP contribution in [-0.2, 0) is 0 Å². The molecular formula is C16H30IN5S. The van der Waals surface area contributed by atoms with E-state index in [-0.39, 0.29) is 41.5 Å². The average Bonchev–Trinajstić information content (AvgIpc) is 3.14. The number of hydrogen-bond acceptors (Lipinski definition) is 4. The molecule has 7 heteroatoms. The monoisotopic (exact) mass is 451 g/mol. The lowest BCUT2D eigenvalue weighted by molar-refractivity contribution is 0.190. The molecular weight excluding hydrogens is 421 g/mol. The number of likely N-dealkylation sites (N-methyl/N-ethyl adjacent to an activating group) is 1. The highest BCUT2D eigenvalue weighted by atomic mass is 127. The Labute approximate surface area is 162 Å². The van der Waals surface area contributed by atoms with Crippen molar-refractivity contribution in [1.29, 1.82) is 5.26 Å². The third kappa shape index (κ3) is 5.40. The maximum absolute atomic E-state index is 9.24. The molecule has 2 N–H and O–H groups in total. The summed E-state index contributed by atoms with van der Waals surface area (Å²) >= 11 is 2.02. The van der Waals surface area contributed by atoms with E-state index in [4.69, 9.17) is 4.99 Å². The summed E-state index contributed by atoms with van der Waals surface area (Å²) in [5.41, 5.74) is 0.178. The van der Waals surface area contributed by atoms with E-state index in [0.717, 1.165) is 44.1 Å². The van der Waals surface area contributed by atoms with Crippen LogP contribution in [0.15, 0.2) is 4.99 Å². The maximum atomic E-state index is 9.24. The van der Waals surface area contributed by atoms with Crippen molar-refractivity contribution >= 4 is 41.7 Å². The van der Waals surface area contributed by atoms with Crippen LogP contribution in [-0.4, -0.2) is 61.1 Å². The Bertz CT molecular complexity index is 429. The number of thioether (sulfide) groups is 1. The van der Waals surface area contributed by atoms with Gasteiger partial charge in [0.15, 0.2) is 5.96 Å². The second kappa shape index (κ2) is 9.94. The number of nitrogens with one attached hydrogen (secondary N) is 2. The molecule has 0 amide bonds. The van der Waals surface area contributed by atoms with Gasteiger partial charge in [-0.05, 0) is 52.5 Å². The molecule has 2 aliphatic rings. The Morgan fingerprint density at radius 1 is 1.43 bits per heavy atom. The summed E-state index contributed by atoms with van der Waals surface area (Å²) in [5, 5.41) is 16.1. The fourth-order valence-corrected chi connectivity index (χ4v) is 4.77. The van der Waals surface area contributed by atoms with Crippen molar-refractivity contribution in [2.45, 2.75) is 44.2 Å². The molecule has 1 heterocycles. The molecule has 0 aromatic carbocycles. The van der Waals surface area contributed by atoms with E-state index < -0.39 is 0 Å². The lowest BCUT2D eigenvalue weighted by Crippen LogP contribution is -2.49. The summed E-state index contributed by atoms with van der Waals surface area (Å²) in [5.74, 6) is 3.35. The molecule has 0 radical (unpaired) electrons. The Morgan fingerprint density at radius 3 is 2.78 bits per heavy atom. The molecule has 3 unspecified atom stereocenters. The fourth-order valence-electron chi connectivity index (χ4n) is 3.22. The Hall–Kier alpha value is -0.200. The Kier molecular flexibility index (Phi) is 9.01. The second-order valence-electron chi connectivity index (χ2n) is 6.53. The first kappa shape index (κ1) is 20.8. The minimum absolute atomic E-state index is 0. The van der Waals surface area contributed by atoms with E-state index in [9.17, 15) is 5.26 Å². The summed E-state index contributed by atoms with van der Waals surface area (Å²) in [6, 6.07) is 2.67. The molecule has 1 aliphatic carbocycles. The second-order valence-corrected chi connectivity index (χ2v) is 7.64. The zero-order valence-electron chi connectivity index (χ0n) is 14.5. The average molecular weight is 451 g/mol. The van der Waals surface area contributed by atoms with Crippen LogP contribution in [0.4, 0.5) is 0 Å². The number of halogens is 1.